The Kier molecular flexibility index (Phi) is 21.2. The smallest absolute Gasteiger partial charge is 0.343 e. The van der Waals surface area contributed by atoms with E-state index in [1.165, 1.54) is 116 Å². The van der Waals surface area contributed by atoms with Crippen LogP contribution in [-0.2, 0) is 4.74 Å². The molecule has 0 amide bonds. The summed E-state index contributed by atoms with van der Waals surface area (Å²) in [5.74, 6) is 1.08. The zero-order valence-electron chi connectivity index (χ0n) is 31.2. The van der Waals surface area contributed by atoms with Gasteiger partial charge in [0.2, 0.25) is 0 Å². The molecule has 3 aromatic rings. The third-order valence-corrected chi connectivity index (χ3v) is 9.50. The normalized spacial score (nSPS) is 11.8. The van der Waals surface area contributed by atoms with Crippen molar-refractivity contribution in [3.05, 3.63) is 83.9 Å². The molecule has 0 heterocycles. The van der Waals surface area contributed by atoms with E-state index in [1.54, 1.807) is 0 Å². The van der Waals surface area contributed by atoms with Gasteiger partial charge in [-0.1, -0.05) is 166 Å². The molecule has 0 fully saturated rings. The highest BCUT2D eigenvalue weighted by atomic mass is 16.5. The van der Waals surface area contributed by atoms with Gasteiger partial charge in [-0.2, -0.15) is 0 Å². The Bertz CT molecular complexity index is 1230. The number of carbonyl (C=O) groups excluding carboxylic acids is 1. The maximum atomic E-state index is 12.8. The third kappa shape index (κ3) is 17.4. The minimum atomic E-state index is -0.361. The second kappa shape index (κ2) is 25.8. The molecule has 3 aromatic carbocycles. The molecule has 0 aliphatic rings. The summed E-state index contributed by atoms with van der Waals surface area (Å²) in [6.45, 7) is 8.17. The van der Waals surface area contributed by atoms with Gasteiger partial charge in [0.05, 0.1) is 18.3 Å². The second-order valence-electron chi connectivity index (χ2n) is 13.8. The summed E-state index contributed by atoms with van der Waals surface area (Å²) in [6.07, 6.45) is 26.5. The van der Waals surface area contributed by atoms with Crippen molar-refractivity contribution < 1.29 is 19.0 Å². The molecule has 1 atom stereocenters. The summed E-state index contributed by atoms with van der Waals surface area (Å²) < 4.78 is 17.7. The Labute approximate surface area is 299 Å². The van der Waals surface area contributed by atoms with Gasteiger partial charge in [0, 0.05) is 6.61 Å². The van der Waals surface area contributed by atoms with Crippen LogP contribution in [0, 0.1) is 0 Å². The molecule has 0 spiro atoms. The van der Waals surface area contributed by atoms with Crippen LogP contribution in [-0.4, -0.2) is 19.2 Å². The highest BCUT2D eigenvalue weighted by molar-refractivity contribution is 5.91. The number of hydrogen-bond donors (Lipinski definition) is 0. The second-order valence-corrected chi connectivity index (χ2v) is 13.8. The molecular weight excluding hydrogens is 604 g/mol. The highest BCUT2D eigenvalue weighted by Crippen LogP contribution is 2.25. The summed E-state index contributed by atoms with van der Waals surface area (Å²) in [6, 6.07) is 23.5. The highest BCUT2D eigenvalue weighted by Gasteiger charge is 2.11. The molecule has 0 bridgehead atoms. The Hall–Kier alpha value is -3.11. The molecule has 1 unspecified atom stereocenters. The number of carbonyl (C=O) groups is 1. The predicted octanol–water partition coefficient (Wildman–Crippen LogP) is 13.9. The molecule has 0 saturated heterocycles. The number of unbranched alkanes of at least 4 members (excludes halogenated alkanes) is 18. The van der Waals surface area contributed by atoms with Gasteiger partial charge >= 0.3 is 5.97 Å². The standard InChI is InChI=1S/C45H66O4/c1-4-6-8-10-12-14-16-18-20-22-36-47-38(3)39-28-34-44(35-29-39)49-45(46)42-26-24-40(25-27-42)41-30-32-43(33-31-41)48-37-23-21-19-17-15-13-11-9-7-5-2/h24-35,38H,4-23,36-37H2,1-3H3. The Morgan fingerprint density at radius 1 is 0.490 bits per heavy atom. The topological polar surface area (TPSA) is 44.8 Å². The molecule has 3 rings (SSSR count). The van der Waals surface area contributed by atoms with Crippen LogP contribution in [0.15, 0.2) is 72.8 Å². The van der Waals surface area contributed by atoms with Crippen molar-refractivity contribution in [3.63, 3.8) is 0 Å². The average molecular weight is 671 g/mol. The summed E-state index contributed by atoms with van der Waals surface area (Å²) >= 11 is 0. The molecule has 4 nitrogen and oxygen atoms in total. The molecule has 4 heteroatoms. The minimum absolute atomic E-state index is 0.0148. The number of benzene rings is 3. The SMILES string of the molecule is CCCCCCCCCCCCOc1ccc(-c2ccc(C(=O)Oc3ccc(C(C)OCCCCCCCCCCCC)cc3)cc2)cc1. The Morgan fingerprint density at radius 2 is 0.898 bits per heavy atom. The van der Waals surface area contributed by atoms with Gasteiger partial charge < -0.3 is 14.2 Å². The zero-order valence-corrected chi connectivity index (χ0v) is 31.2. The Balaban J connectivity index is 1.29. The molecule has 0 radical (unpaired) electrons. The van der Waals surface area contributed by atoms with E-state index in [0.717, 1.165) is 48.5 Å². The van der Waals surface area contributed by atoms with Crippen LogP contribution >= 0.6 is 0 Å². The molecule has 0 N–H and O–H groups in total. The average Bonchev–Trinajstić information content (AvgIpc) is 3.13. The van der Waals surface area contributed by atoms with Crippen LogP contribution in [0.3, 0.4) is 0 Å². The number of ether oxygens (including phenoxy) is 3. The summed E-state index contributed by atoms with van der Waals surface area (Å²) in [5.41, 5.74) is 3.75. The van der Waals surface area contributed by atoms with Gasteiger partial charge in [0.15, 0.2) is 0 Å². The lowest BCUT2D eigenvalue weighted by molar-refractivity contribution is 0.0627. The van der Waals surface area contributed by atoms with Crippen LogP contribution in [0.4, 0.5) is 0 Å². The van der Waals surface area contributed by atoms with Crippen LogP contribution in [0.5, 0.6) is 11.5 Å². The summed E-state index contributed by atoms with van der Waals surface area (Å²) in [5, 5.41) is 0. The lowest BCUT2D eigenvalue weighted by Gasteiger charge is -2.14. The first-order valence-corrected chi connectivity index (χ1v) is 19.9. The van der Waals surface area contributed by atoms with Gasteiger partial charge in [0.25, 0.3) is 0 Å². The van der Waals surface area contributed by atoms with Gasteiger partial charge in [-0.15, -0.1) is 0 Å². The monoisotopic (exact) mass is 670 g/mol. The first-order valence-electron chi connectivity index (χ1n) is 19.9. The van der Waals surface area contributed by atoms with E-state index in [9.17, 15) is 4.79 Å². The van der Waals surface area contributed by atoms with E-state index in [2.05, 4.69) is 32.9 Å². The van der Waals surface area contributed by atoms with Gasteiger partial charge in [-0.25, -0.2) is 4.79 Å². The van der Waals surface area contributed by atoms with Crippen LogP contribution in [0.25, 0.3) is 11.1 Å². The Morgan fingerprint density at radius 3 is 1.39 bits per heavy atom. The molecule has 0 saturated carbocycles. The fourth-order valence-electron chi connectivity index (χ4n) is 6.24. The molecule has 0 aromatic heterocycles. The van der Waals surface area contributed by atoms with E-state index in [-0.39, 0.29) is 12.1 Å². The first kappa shape index (κ1) is 40.3. The summed E-state index contributed by atoms with van der Waals surface area (Å²) in [4.78, 5) is 12.8. The van der Waals surface area contributed by atoms with Crippen LogP contribution in [0.2, 0.25) is 0 Å². The number of esters is 1. The molecule has 0 aliphatic carbocycles. The van der Waals surface area contributed by atoms with Crippen molar-refractivity contribution in [1.29, 1.82) is 0 Å². The summed E-state index contributed by atoms with van der Waals surface area (Å²) in [7, 11) is 0. The number of rotatable bonds is 28. The lowest BCUT2D eigenvalue weighted by atomic mass is 10.0. The van der Waals surface area contributed by atoms with E-state index in [1.807, 2.05) is 60.7 Å². The van der Waals surface area contributed by atoms with E-state index >= 15 is 0 Å². The van der Waals surface area contributed by atoms with Crippen LogP contribution in [0.1, 0.15) is 171 Å². The third-order valence-electron chi connectivity index (χ3n) is 9.50. The van der Waals surface area contributed by atoms with E-state index in [0.29, 0.717) is 11.3 Å². The largest absolute Gasteiger partial charge is 0.494 e. The predicted molar refractivity (Wildman–Crippen MR) is 207 cm³/mol. The fourth-order valence-corrected chi connectivity index (χ4v) is 6.24. The van der Waals surface area contributed by atoms with Crippen LogP contribution < -0.4 is 9.47 Å². The van der Waals surface area contributed by atoms with Crippen molar-refractivity contribution in [3.8, 4) is 22.6 Å². The van der Waals surface area contributed by atoms with Crippen molar-refractivity contribution >= 4 is 5.97 Å². The quantitative estimate of drug-likeness (QED) is 0.0438. The molecule has 49 heavy (non-hydrogen) atoms. The maximum Gasteiger partial charge on any atom is 0.343 e. The van der Waals surface area contributed by atoms with E-state index in [4.69, 9.17) is 14.2 Å². The van der Waals surface area contributed by atoms with Crippen molar-refractivity contribution in [1.82, 2.24) is 0 Å². The van der Waals surface area contributed by atoms with Crippen molar-refractivity contribution in [2.45, 2.75) is 155 Å². The van der Waals surface area contributed by atoms with Crippen molar-refractivity contribution in [2.24, 2.45) is 0 Å². The first-order chi connectivity index (χ1) is 24.1. The van der Waals surface area contributed by atoms with Gasteiger partial charge in [-0.05, 0) is 72.9 Å². The van der Waals surface area contributed by atoms with Crippen molar-refractivity contribution in [2.75, 3.05) is 13.2 Å². The maximum absolute atomic E-state index is 12.8. The number of hydrogen-bond acceptors (Lipinski definition) is 4. The molecule has 0 aliphatic heterocycles. The molecular formula is C45H66O4. The zero-order chi connectivity index (χ0) is 34.8. The lowest BCUT2D eigenvalue weighted by Crippen LogP contribution is -2.08. The van der Waals surface area contributed by atoms with Gasteiger partial charge in [0.1, 0.15) is 11.5 Å². The minimum Gasteiger partial charge on any atom is -0.494 e. The van der Waals surface area contributed by atoms with E-state index < -0.39 is 0 Å². The molecule has 270 valence electrons. The fraction of sp³-hybridized carbons (Fsp3) is 0.578. The van der Waals surface area contributed by atoms with Gasteiger partial charge in [-0.3, -0.25) is 0 Å².